The van der Waals surface area contributed by atoms with Crippen LogP contribution in [-0.4, -0.2) is 37.0 Å². The van der Waals surface area contributed by atoms with Crippen molar-refractivity contribution in [1.82, 2.24) is 10.2 Å². The molecule has 1 saturated heterocycles. The van der Waals surface area contributed by atoms with Crippen LogP contribution in [0.1, 0.15) is 25.3 Å². The minimum atomic E-state index is -0.170. The second-order valence-corrected chi connectivity index (χ2v) is 6.01. The highest BCUT2D eigenvalue weighted by Gasteiger charge is 2.22. The molecule has 1 aromatic rings. The molecule has 110 valence electrons. The zero-order valence-electron chi connectivity index (χ0n) is 12.0. The topological polar surface area (TPSA) is 41.6 Å². The Bertz CT molecular complexity index is 473. The first-order chi connectivity index (χ1) is 9.61. The molecular formula is C15H21BrN2O2. The van der Waals surface area contributed by atoms with Crippen molar-refractivity contribution < 1.29 is 9.53 Å². The van der Waals surface area contributed by atoms with Gasteiger partial charge in [0.25, 0.3) is 0 Å². The molecule has 1 fully saturated rings. The molecule has 1 unspecified atom stereocenters. The number of carbonyl (C=O) groups is 1. The molecule has 0 spiro atoms. The summed E-state index contributed by atoms with van der Waals surface area (Å²) in [6.07, 6.45) is 2.25. The summed E-state index contributed by atoms with van der Waals surface area (Å²) in [4.78, 5) is 14.2. The molecule has 1 atom stereocenters. The number of amides is 1. The maximum absolute atomic E-state index is 12.2. The van der Waals surface area contributed by atoms with E-state index in [2.05, 4.69) is 21.2 Å². The number of nitrogens with one attached hydrogen (secondary N) is 1. The van der Waals surface area contributed by atoms with Gasteiger partial charge in [0.2, 0.25) is 5.91 Å². The van der Waals surface area contributed by atoms with Gasteiger partial charge in [-0.2, -0.15) is 0 Å². The van der Waals surface area contributed by atoms with Crippen molar-refractivity contribution in [3.05, 3.63) is 28.2 Å². The molecule has 1 N–H and O–H groups in total. The lowest BCUT2D eigenvalue weighted by atomic mass is 10.2. The molecule has 0 bridgehead atoms. The van der Waals surface area contributed by atoms with Crippen LogP contribution in [0.2, 0.25) is 0 Å². The van der Waals surface area contributed by atoms with Crippen molar-refractivity contribution in [2.75, 3.05) is 20.2 Å². The summed E-state index contributed by atoms with van der Waals surface area (Å²) in [7, 11) is 1.66. The summed E-state index contributed by atoms with van der Waals surface area (Å²) >= 11 is 3.46. The fourth-order valence-electron chi connectivity index (χ4n) is 2.45. The van der Waals surface area contributed by atoms with E-state index in [1.807, 2.05) is 30.0 Å². The van der Waals surface area contributed by atoms with Crippen LogP contribution in [0.25, 0.3) is 0 Å². The van der Waals surface area contributed by atoms with E-state index >= 15 is 0 Å². The van der Waals surface area contributed by atoms with Crippen LogP contribution in [0, 0.1) is 0 Å². The lowest BCUT2D eigenvalue weighted by Crippen LogP contribution is -2.43. The molecule has 1 heterocycles. The highest BCUT2D eigenvalue weighted by molar-refractivity contribution is 9.10. The van der Waals surface area contributed by atoms with E-state index in [4.69, 9.17) is 4.74 Å². The quantitative estimate of drug-likeness (QED) is 0.895. The maximum Gasteiger partial charge on any atom is 0.239 e. The van der Waals surface area contributed by atoms with Crippen LogP contribution in [0.4, 0.5) is 0 Å². The average Bonchev–Trinajstić information content (AvgIpc) is 2.98. The molecule has 1 amide bonds. The van der Waals surface area contributed by atoms with Gasteiger partial charge in [-0.15, -0.1) is 0 Å². The molecule has 0 aromatic heterocycles. The van der Waals surface area contributed by atoms with Crippen molar-refractivity contribution in [1.29, 1.82) is 0 Å². The van der Waals surface area contributed by atoms with Gasteiger partial charge in [-0.3, -0.25) is 4.79 Å². The van der Waals surface area contributed by atoms with Gasteiger partial charge in [0.05, 0.1) is 13.2 Å². The largest absolute Gasteiger partial charge is 0.496 e. The molecule has 1 aliphatic heterocycles. The predicted octanol–water partition coefficient (Wildman–Crippen LogP) is 2.56. The fourth-order valence-corrected chi connectivity index (χ4v) is 2.86. The summed E-state index contributed by atoms with van der Waals surface area (Å²) in [5.74, 6) is 1.03. The third-order valence-corrected chi connectivity index (χ3v) is 4.12. The first-order valence-electron chi connectivity index (χ1n) is 6.96. The van der Waals surface area contributed by atoms with Crippen LogP contribution in [0.5, 0.6) is 5.75 Å². The van der Waals surface area contributed by atoms with Gasteiger partial charge in [-0.05, 0) is 38.0 Å². The fraction of sp³-hybridized carbons (Fsp3) is 0.533. The Balaban J connectivity index is 1.94. The van der Waals surface area contributed by atoms with Crippen molar-refractivity contribution >= 4 is 21.8 Å². The number of halogens is 1. The number of nitrogens with zero attached hydrogens (tertiary/aromatic N) is 1. The summed E-state index contributed by atoms with van der Waals surface area (Å²) < 4.78 is 6.34. The van der Waals surface area contributed by atoms with Gasteiger partial charge >= 0.3 is 0 Å². The molecule has 1 aliphatic rings. The highest BCUT2D eigenvalue weighted by atomic mass is 79.9. The first-order valence-corrected chi connectivity index (χ1v) is 7.75. The molecule has 4 nitrogen and oxygen atoms in total. The normalized spacial score (nSPS) is 16.2. The Morgan fingerprint density at radius 1 is 1.45 bits per heavy atom. The van der Waals surface area contributed by atoms with Crippen LogP contribution < -0.4 is 10.1 Å². The Kier molecular flexibility index (Phi) is 5.43. The van der Waals surface area contributed by atoms with E-state index in [0.29, 0.717) is 6.54 Å². The second-order valence-electron chi connectivity index (χ2n) is 5.09. The van der Waals surface area contributed by atoms with E-state index in [0.717, 1.165) is 41.7 Å². The van der Waals surface area contributed by atoms with Crippen LogP contribution in [-0.2, 0) is 11.3 Å². The number of benzene rings is 1. The zero-order chi connectivity index (χ0) is 14.5. The number of carbonyl (C=O) groups excluding carboxylic acids is 1. The highest BCUT2D eigenvalue weighted by Crippen LogP contribution is 2.23. The van der Waals surface area contributed by atoms with E-state index in [1.54, 1.807) is 7.11 Å². The Morgan fingerprint density at radius 3 is 2.80 bits per heavy atom. The van der Waals surface area contributed by atoms with Crippen LogP contribution >= 0.6 is 15.9 Å². The van der Waals surface area contributed by atoms with Gasteiger partial charge in [-0.25, -0.2) is 0 Å². The third-order valence-electron chi connectivity index (χ3n) is 3.63. The predicted molar refractivity (Wildman–Crippen MR) is 82.8 cm³/mol. The van der Waals surface area contributed by atoms with Crippen molar-refractivity contribution in [3.8, 4) is 5.75 Å². The van der Waals surface area contributed by atoms with Crippen molar-refractivity contribution in [2.24, 2.45) is 0 Å². The van der Waals surface area contributed by atoms with Gasteiger partial charge in [0.1, 0.15) is 5.75 Å². The molecule has 0 aliphatic carbocycles. The Morgan fingerprint density at radius 2 is 2.15 bits per heavy atom. The van der Waals surface area contributed by atoms with Crippen molar-refractivity contribution in [3.63, 3.8) is 0 Å². The number of likely N-dealkylation sites (tertiary alicyclic amines) is 1. The average molecular weight is 341 g/mol. The smallest absolute Gasteiger partial charge is 0.239 e. The molecule has 2 rings (SSSR count). The van der Waals surface area contributed by atoms with E-state index in [9.17, 15) is 4.79 Å². The summed E-state index contributed by atoms with van der Waals surface area (Å²) in [5.41, 5.74) is 1.04. The van der Waals surface area contributed by atoms with E-state index < -0.39 is 0 Å². The summed E-state index contributed by atoms with van der Waals surface area (Å²) in [5, 5.41) is 3.29. The number of ether oxygens (including phenoxy) is 1. The number of hydrogen-bond acceptors (Lipinski definition) is 3. The lowest BCUT2D eigenvalue weighted by molar-refractivity contribution is -0.131. The van der Waals surface area contributed by atoms with Crippen LogP contribution in [0.3, 0.4) is 0 Å². The molecule has 0 saturated carbocycles. The number of hydrogen-bond donors (Lipinski definition) is 1. The zero-order valence-corrected chi connectivity index (χ0v) is 13.6. The molecule has 20 heavy (non-hydrogen) atoms. The number of methoxy groups -OCH3 is 1. The minimum absolute atomic E-state index is 0.170. The first kappa shape index (κ1) is 15.3. The van der Waals surface area contributed by atoms with Gasteiger partial charge in [0, 0.05) is 29.7 Å². The van der Waals surface area contributed by atoms with Crippen LogP contribution in [0.15, 0.2) is 22.7 Å². The van der Waals surface area contributed by atoms with E-state index in [1.165, 1.54) is 0 Å². The van der Waals surface area contributed by atoms with Gasteiger partial charge in [0.15, 0.2) is 0 Å². The maximum atomic E-state index is 12.2. The summed E-state index contributed by atoms with van der Waals surface area (Å²) in [6.45, 7) is 4.32. The van der Waals surface area contributed by atoms with Crippen molar-refractivity contribution in [2.45, 2.75) is 32.4 Å². The van der Waals surface area contributed by atoms with E-state index in [-0.39, 0.29) is 11.9 Å². The molecular weight excluding hydrogens is 320 g/mol. The molecule has 0 radical (unpaired) electrons. The Hall–Kier alpha value is -1.07. The second kappa shape index (κ2) is 7.09. The standard InChI is InChI=1S/C15H21BrN2O2/c1-11(15(19)18-7-3-4-8-18)17-10-12-9-13(16)5-6-14(12)20-2/h5-6,9,11,17H,3-4,7-8,10H2,1-2H3. The monoisotopic (exact) mass is 340 g/mol. The lowest BCUT2D eigenvalue weighted by Gasteiger charge is -2.21. The third kappa shape index (κ3) is 3.73. The molecule has 5 heteroatoms. The van der Waals surface area contributed by atoms with Gasteiger partial charge < -0.3 is 15.0 Å². The SMILES string of the molecule is COc1ccc(Br)cc1CNC(C)C(=O)N1CCCC1. The molecule has 1 aromatic carbocycles. The number of rotatable bonds is 5. The minimum Gasteiger partial charge on any atom is -0.496 e. The summed E-state index contributed by atoms with van der Waals surface area (Å²) in [6, 6.07) is 5.71. The Labute approximate surface area is 128 Å². The van der Waals surface area contributed by atoms with Gasteiger partial charge in [-0.1, -0.05) is 15.9 Å².